The van der Waals surface area contributed by atoms with E-state index in [0.717, 1.165) is 43.4 Å². The Hall–Kier alpha value is -2.41. The molecular formula is C25H27F5O2. The molecule has 0 saturated heterocycles. The maximum Gasteiger partial charge on any atom is 0.573 e. The van der Waals surface area contributed by atoms with E-state index in [1.165, 1.54) is 24.3 Å². The van der Waals surface area contributed by atoms with Crippen molar-refractivity contribution in [3.05, 3.63) is 77.4 Å². The van der Waals surface area contributed by atoms with Gasteiger partial charge in [0, 0.05) is 0 Å². The summed E-state index contributed by atoms with van der Waals surface area (Å²) >= 11 is 0. The lowest BCUT2D eigenvalue weighted by atomic mass is 9.78. The third-order valence-electron chi connectivity index (χ3n) is 5.79. The van der Waals surface area contributed by atoms with Gasteiger partial charge < -0.3 is 9.47 Å². The smallest absolute Gasteiger partial charge is 0.406 e. The molecule has 2 aromatic carbocycles. The van der Waals surface area contributed by atoms with Crippen molar-refractivity contribution in [2.24, 2.45) is 5.92 Å². The Morgan fingerprint density at radius 3 is 2.06 bits per heavy atom. The Bertz CT molecular complexity index is 865. The van der Waals surface area contributed by atoms with Crippen molar-refractivity contribution in [2.75, 3.05) is 6.61 Å². The van der Waals surface area contributed by atoms with Crippen LogP contribution in [0.5, 0.6) is 5.75 Å². The number of alkyl halides is 5. The molecular weight excluding hydrogens is 427 g/mol. The second-order valence-corrected chi connectivity index (χ2v) is 8.07. The summed E-state index contributed by atoms with van der Waals surface area (Å²) < 4.78 is 74.0. The van der Waals surface area contributed by atoms with Crippen molar-refractivity contribution in [2.45, 2.75) is 57.4 Å². The van der Waals surface area contributed by atoms with Crippen molar-refractivity contribution in [3.63, 3.8) is 0 Å². The van der Waals surface area contributed by atoms with Gasteiger partial charge in [-0.05, 0) is 74.1 Å². The minimum atomic E-state index is -4.77. The van der Waals surface area contributed by atoms with E-state index in [1.54, 1.807) is 12.1 Å². The van der Waals surface area contributed by atoms with Crippen LogP contribution in [0.2, 0.25) is 0 Å². The maximum absolute atomic E-state index is 14.4. The van der Waals surface area contributed by atoms with Crippen LogP contribution < -0.4 is 4.74 Å². The van der Waals surface area contributed by atoms with Crippen LogP contribution in [0.3, 0.4) is 0 Å². The molecule has 1 aliphatic carbocycles. The van der Waals surface area contributed by atoms with Crippen LogP contribution in [0.1, 0.15) is 55.2 Å². The number of allylic oxidation sites excluding steroid dienone is 2. The summed E-state index contributed by atoms with van der Waals surface area (Å²) in [5.41, 5.74) is 1.43. The second-order valence-electron chi connectivity index (χ2n) is 8.07. The summed E-state index contributed by atoms with van der Waals surface area (Å²) in [6, 6.07) is 11.4. The summed E-state index contributed by atoms with van der Waals surface area (Å²) in [6.45, 7) is 1.75. The molecule has 1 saturated carbocycles. The summed E-state index contributed by atoms with van der Waals surface area (Å²) in [5, 5.41) is 0. The Balaban J connectivity index is 1.50. The van der Waals surface area contributed by atoms with Crippen LogP contribution in [-0.4, -0.2) is 13.0 Å². The zero-order valence-electron chi connectivity index (χ0n) is 17.9. The first kappa shape index (κ1) is 24.2. The topological polar surface area (TPSA) is 18.5 Å². The van der Waals surface area contributed by atoms with Crippen molar-refractivity contribution >= 4 is 0 Å². The lowest BCUT2D eigenvalue weighted by Crippen LogP contribution is -2.20. The molecule has 174 valence electrons. The van der Waals surface area contributed by atoms with Gasteiger partial charge in [0.15, 0.2) is 0 Å². The van der Waals surface area contributed by atoms with Crippen LogP contribution >= 0.6 is 0 Å². The van der Waals surface area contributed by atoms with E-state index in [4.69, 9.17) is 4.74 Å². The molecule has 7 heteroatoms. The molecule has 0 aliphatic heterocycles. The quantitative estimate of drug-likeness (QED) is 0.300. The standard InChI is InChI=1S/C25H27F5O2/c1-2-3-18-4-8-20(9-5-18)21-10-12-22(13-11-21)24(26,27)31-17-16-19-6-14-23(15-7-19)32-25(28,29)30/h2-3,6-7,10-15,18,20H,4-5,8-9,16-17H2,1H3/b3-2+. The van der Waals surface area contributed by atoms with Crippen LogP contribution in [-0.2, 0) is 17.3 Å². The summed E-state index contributed by atoms with van der Waals surface area (Å²) in [7, 11) is 0. The number of hydrogen-bond donors (Lipinski definition) is 0. The molecule has 0 heterocycles. The number of hydrogen-bond acceptors (Lipinski definition) is 2. The van der Waals surface area contributed by atoms with E-state index in [0.29, 0.717) is 17.4 Å². The normalized spacial score (nSPS) is 19.9. The SMILES string of the molecule is C/C=C/C1CCC(c2ccc(C(F)(F)OCCc3ccc(OC(F)(F)F)cc3)cc2)CC1. The minimum absolute atomic E-state index is 0.134. The van der Waals surface area contributed by atoms with Gasteiger partial charge in [-0.15, -0.1) is 13.2 Å². The van der Waals surface area contributed by atoms with Gasteiger partial charge in [0.1, 0.15) is 5.75 Å². The molecule has 0 amide bonds. The molecule has 0 spiro atoms. The van der Waals surface area contributed by atoms with E-state index in [1.807, 2.05) is 6.92 Å². The Morgan fingerprint density at radius 2 is 1.50 bits per heavy atom. The van der Waals surface area contributed by atoms with Crippen molar-refractivity contribution < 1.29 is 31.4 Å². The summed E-state index contributed by atoms with van der Waals surface area (Å²) in [6.07, 6.45) is 0.562. The van der Waals surface area contributed by atoms with Gasteiger partial charge in [-0.1, -0.05) is 48.6 Å². The first-order chi connectivity index (χ1) is 15.2. The van der Waals surface area contributed by atoms with E-state index >= 15 is 0 Å². The maximum atomic E-state index is 14.4. The van der Waals surface area contributed by atoms with E-state index in [2.05, 4.69) is 16.9 Å². The average Bonchev–Trinajstić information content (AvgIpc) is 2.75. The molecule has 0 bridgehead atoms. The highest BCUT2D eigenvalue weighted by molar-refractivity contribution is 5.29. The van der Waals surface area contributed by atoms with Gasteiger partial charge in [-0.3, -0.25) is 0 Å². The zero-order chi connectivity index (χ0) is 23.2. The van der Waals surface area contributed by atoms with Gasteiger partial charge in [-0.25, -0.2) is 0 Å². The molecule has 0 atom stereocenters. The molecule has 2 aromatic rings. The predicted molar refractivity (Wildman–Crippen MR) is 113 cm³/mol. The number of benzene rings is 2. The molecule has 2 nitrogen and oxygen atoms in total. The third kappa shape index (κ3) is 7.05. The highest BCUT2D eigenvalue weighted by Gasteiger charge is 2.33. The summed E-state index contributed by atoms with van der Waals surface area (Å²) in [4.78, 5) is 0. The third-order valence-corrected chi connectivity index (χ3v) is 5.79. The van der Waals surface area contributed by atoms with Crippen molar-refractivity contribution in [1.82, 2.24) is 0 Å². The van der Waals surface area contributed by atoms with Crippen molar-refractivity contribution in [1.29, 1.82) is 0 Å². The molecule has 0 N–H and O–H groups in total. The van der Waals surface area contributed by atoms with Crippen molar-refractivity contribution in [3.8, 4) is 5.75 Å². The Morgan fingerprint density at radius 1 is 0.875 bits per heavy atom. The van der Waals surface area contributed by atoms with E-state index < -0.39 is 12.5 Å². The van der Waals surface area contributed by atoms with Gasteiger partial charge in [0.25, 0.3) is 0 Å². The molecule has 0 aromatic heterocycles. The average molecular weight is 454 g/mol. The Labute approximate surface area is 185 Å². The summed E-state index contributed by atoms with van der Waals surface area (Å²) in [5.74, 6) is 0.647. The lowest BCUT2D eigenvalue weighted by Gasteiger charge is -2.27. The fraction of sp³-hybridized carbons (Fsp3) is 0.440. The van der Waals surface area contributed by atoms with Crippen LogP contribution in [0.15, 0.2) is 60.7 Å². The van der Waals surface area contributed by atoms with Crippen LogP contribution in [0.4, 0.5) is 22.0 Å². The number of ether oxygens (including phenoxy) is 2. The molecule has 32 heavy (non-hydrogen) atoms. The predicted octanol–water partition coefficient (Wildman–Crippen LogP) is 7.74. The van der Waals surface area contributed by atoms with Gasteiger partial charge in [0.2, 0.25) is 0 Å². The zero-order valence-corrected chi connectivity index (χ0v) is 17.9. The van der Waals surface area contributed by atoms with Gasteiger partial charge in [-0.2, -0.15) is 8.78 Å². The highest BCUT2D eigenvalue weighted by atomic mass is 19.4. The van der Waals surface area contributed by atoms with Gasteiger partial charge in [0.05, 0.1) is 12.2 Å². The molecule has 1 fully saturated rings. The van der Waals surface area contributed by atoms with Crippen LogP contribution in [0, 0.1) is 5.92 Å². The monoisotopic (exact) mass is 454 g/mol. The first-order valence-corrected chi connectivity index (χ1v) is 10.8. The number of halogens is 5. The lowest BCUT2D eigenvalue weighted by molar-refractivity contribution is -0.274. The van der Waals surface area contributed by atoms with E-state index in [-0.39, 0.29) is 24.3 Å². The fourth-order valence-electron chi connectivity index (χ4n) is 4.10. The Kier molecular flexibility index (Phi) is 7.93. The molecule has 0 unspecified atom stereocenters. The van der Waals surface area contributed by atoms with Crippen LogP contribution in [0.25, 0.3) is 0 Å². The van der Waals surface area contributed by atoms with E-state index in [9.17, 15) is 22.0 Å². The second kappa shape index (κ2) is 10.5. The molecule has 3 rings (SSSR count). The fourth-order valence-corrected chi connectivity index (χ4v) is 4.10. The molecule has 1 aliphatic rings. The first-order valence-electron chi connectivity index (χ1n) is 10.8. The minimum Gasteiger partial charge on any atom is -0.406 e. The van der Waals surface area contributed by atoms with Gasteiger partial charge >= 0.3 is 12.5 Å². The molecule has 0 radical (unpaired) electrons. The number of rotatable bonds is 8. The highest BCUT2D eigenvalue weighted by Crippen LogP contribution is 2.37. The largest absolute Gasteiger partial charge is 0.573 e.